The summed E-state index contributed by atoms with van der Waals surface area (Å²) in [4.78, 5) is 3.35. The van der Waals surface area contributed by atoms with Crippen molar-refractivity contribution in [2.45, 2.75) is 26.9 Å². The zero-order valence-electron chi connectivity index (χ0n) is 8.59. The maximum absolute atomic E-state index is 9.34. The van der Waals surface area contributed by atoms with Gasteiger partial charge in [0.1, 0.15) is 0 Å². The van der Waals surface area contributed by atoms with Gasteiger partial charge in [-0.05, 0) is 25.0 Å². The highest BCUT2D eigenvalue weighted by Gasteiger charge is 2.10. The molecule has 0 unspecified atom stereocenters. The van der Waals surface area contributed by atoms with E-state index >= 15 is 0 Å². The van der Waals surface area contributed by atoms with Crippen LogP contribution in [0.4, 0.5) is 0 Å². The van der Waals surface area contributed by atoms with Gasteiger partial charge in [0.2, 0.25) is 0 Å². The Labute approximate surface area is 83.6 Å². The average Bonchev–Trinajstić information content (AvgIpc) is 2.56. The molecule has 0 radical (unpaired) electrons. The predicted octanol–water partition coefficient (Wildman–Crippen LogP) is 2.53. The van der Waals surface area contributed by atoms with Gasteiger partial charge in [-0.15, -0.1) is 0 Å². The van der Waals surface area contributed by atoms with Crippen LogP contribution in [0.25, 0.3) is 10.9 Å². The van der Waals surface area contributed by atoms with Crippen LogP contribution in [0.15, 0.2) is 18.2 Å². The van der Waals surface area contributed by atoms with Crippen LogP contribution in [-0.2, 0) is 13.0 Å². The van der Waals surface area contributed by atoms with Crippen molar-refractivity contribution < 1.29 is 5.11 Å². The van der Waals surface area contributed by atoms with Gasteiger partial charge in [0, 0.05) is 22.2 Å². The number of aliphatic hydroxyl groups excluding tert-OH is 1. The molecule has 0 aliphatic heterocycles. The highest BCUT2D eigenvalue weighted by molar-refractivity contribution is 5.87. The van der Waals surface area contributed by atoms with Crippen molar-refractivity contribution in [2.24, 2.45) is 0 Å². The van der Waals surface area contributed by atoms with E-state index in [-0.39, 0.29) is 6.61 Å². The van der Waals surface area contributed by atoms with E-state index in [0.717, 1.165) is 23.2 Å². The maximum Gasteiger partial charge on any atom is 0.0705 e. The Morgan fingerprint density at radius 3 is 2.79 bits per heavy atom. The molecule has 0 amide bonds. The number of aryl methyl sites for hydroxylation is 2. The summed E-state index contributed by atoms with van der Waals surface area (Å²) in [5.41, 5.74) is 4.56. The van der Waals surface area contributed by atoms with Crippen molar-refractivity contribution in [2.75, 3.05) is 0 Å². The summed E-state index contributed by atoms with van der Waals surface area (Å²) in [5, 5.41) is 10.5. The smallest absolute Gasteiger partial charge is 0.0705 e. The van der Waals surface area contributed by atoms with Crippen molar-refractivity contribution >= 4 is 10.9 Å². The number of aliphatic hydroxyl groups is 1. The Morgan fingerprint density at radius 1 is 1.36 bits per heavy atom. The number of nitrogens with one attached hydrogen (secondary N) is 1. The van der Waals surface area contributed by atoms with E-state index in [9.17, 15) is 5.11 Å². The van der Waals surface area contributed by atoms with Crippen molar-refractivity contribution in [1.29, 1.82) is 0 Å². The first-order chi connectivity index (χ1) is 6.77. The topological polar surface area (TPSA) is 36.0 Å². The van der Waals surface area contributed by atoms with Crippen LogP contribution in [0.3, 0.4) is 0 Å². The van der Waals surface area contributed by atoms with Gasteiger partial charge in [0.25, 0.3) is 0 Å². The minimum absolute atomic E-state index is 0.119. The molecule has 0 aliphatic rings. The van der Waals surface area contributed by atoms with Crippen LogP contribution in [0.1, 0.15) is 23.7 Å². The molecule has 14 heavy (non-hydrogen) atoms. The van der Waals surface area contributed by atoms with E-state index in [1.54, 1.807) is 0 Å². The fraction of sp³-hybridized carbons (Fsp3) is 0.333. The van der Waals surface area contributed by atoms with Gasteiger partial charge in [-0.1, -0.05) is 19.1 Å². The summed E-state index contributed by atoms with van der Waals surface area (Å²) < 4.78 is 0. The zero-order valence-corrected chi connectivity index (χ0v) is 8.59. The molecule has 1 heterocycles. The summed E-state index contributed by atoms with van der Waals surface area (Å²) in [6.45, 7) is 4.29. The molecular weight excluding hydrogens is 174 g/mol. The van der Waals surface area contributed by atoms with Gasteiger partial charge in [0.05, 0.1) is 6.61 Å². The second kappa shape index (κ2) is 3.46. The Morgan fingerprint density at radius 2 is 2.14 bits per heavy atom. The number of hydrogen-bond acceptors (Lipinski definition) is 1. The molecule has 0 aliphatic carbocycles. The minimum Gasteiger partial charge on any atom is -0.392 e. The molecule has 2 heteroatoms. The molecule has 0 spiro atoms. The summed E-state index contributed by atoms with van der Waals surface area (Å²) in [7, 11) is 0. The van der Waals surface area contributed by atoms with Gasteiger partial charge in [-0.3, -0.25) is 0 Å². The Hall–Kier alpha value is -1.28. The monoisotopic (exact) mass is 189 g/mol. The SMILES string of the molecule is CCc1[nH]c2cccc(C)c2c1CO. The first-order valence-corrected chi connectivity index (χ1v) is 4.97. The van der Waals surface area contributed by atoms with Crippen molar-refractivity contribution in [3.8, 4) is 0 Å². The van der Waals surface area contributed by atoms with Gasteiger partial charge in [-0.2, -0.15) is 0 Å². The number of aromatic nitrogens is 1. The van der Waals surface area contributed by atoms with Crippen LogP contribution >= 0.6 is 0 Å². The normalized spacial score (nSPS) is 11.1. The van der Waals surface area contributed by atoms with Crippen LogP contribution < -0.4 is 0 Å². The number of fused-ring (bicyclic) bond motifs is 1. The average molecular weight is 189 g/mol. The predicted molar refractivity (Wildman–Crippen MR) is 58.3 cm³/mol. The molecule has 2 aromatic rings. The quantitative estimate of drug-likeness (QED) is 0.748. The molecule has 0 bridgehead atoms. The molecule has 0 atom stereocenters. The molecule has 1 aromatic heterocycles. The Balaban J connectivity index is 2.81. The highest BCUT2D eigenvalue weighted by atomic mass is 16.3. The second-order valence-electron chi connectivity index (χ2n) is 3.59. The van der Waals surface area contributed by atoms with Gasteiger partial charge < -0.3 is 10.1 Å². The van der Waals surface area contributed by atoms with E-state index < -0.39 is 0 Å². The van der Waals surface area contributed by atoms with Crippen LogP contribution in [0.5, 0.6) is 0 Å². The third kappa shape index (κ3) is 1.23. The molecule has 0 saturated carbocycles. The molecule has 2 N–H and O–H groups in total. The second-order valence-corrected chi connectivity index (χ2v) is 3.59. The van der Waals surface area contributed by atoms with E-state index in [1.165, 1.54) is 10.9 Å². The van der Waals surface area contributed by atoms with E-state index in [4.69, 9.17) is 0 Å². The van der Waals surface area contributed by atoms with Crippen LogP contribution in [0.2, 0.25) is 0 Å². The Kier molecular flexibility index (Phi) is 2.30. The lowest BCUT2D eigenvalue weighted by Gasteiger charge is -1.99. The van der Waals surface area contributed by atoms with Gasteiger partial charge in [0.15, 0.2) is 0 Å². The largest absolute Gasteiger partial charge is 0.392 e. The number of benzene rings is 1. The van der Waals surface area contributed by atoms with E-state index in [1.807, 2.05) is 6.07 Å². The number of hydrogen-bond donors (Lipinski definition) is 2. The summed E-state index contributed by atoms with van der Waals surface area (Å²) >= 11 is 0. The summed E-state index contributed by atoms with van der Waals surface area (Å²) in [6.07, 6.45) is 0.935. The summed E-state index contributed by atoms with van der Waals surface area (Å²) in [6, 6.07) is 6.17. The minimum atomic E-state index is 0.119. The van der Waals surface area contributed by atoms with Gasteiger partial charge >= 0.3 is 0 Å². The van der Waals surface area contributed by atoms with Gasteiger partial charge in [-0.25, -0.2) is 0 Å². The number of rotatable bonds is 2. The van der Waals surface area contributed by atoms with E-state index in [0.29, 0.717) is 0 Å². The Bertz CT molecular complexity index is 457. The van der Waals surface area contributed by atoms with E-state index in [2.05, 4.69) is 31.0 Å². The third-order valence-electron chi connectivity index (χ3n) is 2.74. The van der Waals surface area contributed by atoms with Crippen molar-refractivity contribution in [3.05, 3.63) is 35.0 Å². The maximum atomic E-state index is 9.34. The molecular formula is C12H15NO. The number of H-pyrrole nitrogens is 1. The van der Waals surface area contributed by atoms with Crippen molar-refractivity contribution in [3.63, 3.8) is 0 Å². The lowest BCUT2D eigenvalue weighted by atomic mass is 10.1. The molecule has 0 saturated heterocycles. The number of aromatic amines is 1. The first kappa shape index (κ1) is 9.28. The standard InChI is InChI=1S/C12H15NO/c1-3-10-9(7-14)12-8(2)5-4-6-11(12)13-10/h4-6,13-14H,3,7H2,1-2H3. The molecule has 1 aromatic carbocycles. The fourth-order valence-corrected chi connectivity index (χ4v) is 2.04. The fourth-order valence-electron chi connectivity index (χ4n) is 2.04. The van der Waals surface area contributed by atoms with Crippen LogP contribution in [-0.4, -0.2) is 10.1 Å². The highest BCUT2D eigenvalue weighted by Crippen LogP contribution is 2.25. The zero-order chi connectivity index (χ0) is 10.1. The molecule has 0 fully saturated rings. The summed E-state index contributed by atoms with van der Waals surface area (Å²) in [5.74, 6) is 0. The van der Waals surface area contributed by atoms with Crippen LogP contribution in [0, 0.1) is 6.92 Å². The lowest BCUT2D eigenvalue weighted by Crippen LogP contribution is -1.89. The molecule has 2 rings (SSSR count). The molecule has 2 nitrogen and oxygen atoms in total. The first-order valence-electron chi connectivity index (χ1n) is 4.97. The van der Waals surface area contributed by atoms with Crippen molar-refractivity contribution in [1.82, 2.24) is 4.98 Å². The third-order valence-corrected chi connectivity index (χ3v) is 2.74. The molecule has 74 valence electrons. The lowest BCUT2D eigenvalue weighted by molar-refractivity contribution is 0.282.